The van der Waals surface area contributed by atoms with Gasteiger partial charge in [0.05, 0.1) is 11.0 Å². The van der Waals surface area contributed by atoms with E-state index in [2.05, 4.69) is 21.2 Å². The quantitative estimate of drug-likeness (QED) is 0.863. The summed E-state index contributed by atoms with van der Waals surface area (Å²) in [5, 5.41) is 11.4. The molecule has 2 N–H and O–H groups in total. The number of nitrogens with one attached hydrogen (secondary N) is 1. The van der Waals surface area contributed by atoms with Crippen LogP contribution < -0.4 is 5.32 Å². The van der Waals surface area contributed by atoms with E-state index in [0.29, 0.717) is 31.9 Å². The third-order valence-corrected chi connectivity index (χ3v) is 3.80. The van der Waals surface area contributed by atoms with Gasteiger partial charge in [-0.05, 0) is 34.1 Å². The molecule has 0 bridgehead atoms. The number of amides is 2. The lowest BCUT2D eigenvalue weighted by atomic mass is 10.3. The number of anilines is 1. The fraction of sp³-hybridized carbons (Fsp3) is 0.385. The van der Waals surface area contributed by atoms with Crippen LogP contribution in [-0.4, -0.2) is 59.6 Å². The summed E-state index contributed by atoms with van der Waals surface area (Å²) < 4.78 is 13.4. The predicted molar refractivity (Wildman–Crippen MR) is 78.8 cm³/mol. The molecule has 1 aliphatic rings. The van der Waals surface area contributed by atoms with Gasteiger partial charge in [-0.15, -0.1) is 0 Å². The van der Waals surface area contributed by atoms with Gasteiger partial charge < -0.3 is 15.3 Å². The number of rotatable bonds is 3. The summed E-state index contributed by atoms with van der Waals surface area (Å²) in [5.74, 6) is -1.26. The van der Waals surface area contributed by atoms with Crippen LogP contribution in [0.15, 0.2) is 22.7 Å². The average molecular weight is 360 g/mol. The maximum absolute atomic E-state index is 13.1. The van der Waals surface area contributed by atoms with E-state index in [4.69, 9.17) is 5.11 Å². The molecule has 1 aromatic rings. The van der Waals surface area contributed by atoms with Gasteiger partial charge in [-0.1, -0.05) is 0 Å². The summed E-state index contributed by atoms with van der Waals surface area (Å²) in [6.45, 7) is 1.95. The summed E-state index contributed by atoms with van der Waals surface area (Å²) in [6, 6.07) is 3.97. The average Bonchev–Trinajstić information content (AvgIpc) is 2.43. The SMILES string of the molecule is O=C(O)CN1CCN(C(=O)Nc2ccc(F)c(Br)c2)CC1. The molecule has 8 heteroatoms. The van der Waals surface area contributed by atoms with Crippen LogP contribution in [0, 0.1) is 5.82 Å². The Bertz CT molecular complexity index is 547. The molecule has 1 heterocycles. The number of carbonyl (C=O) groups is 2. The Morgan fingerprint density at radius 2 is 1.95 bits per heavy atom. The van der Waals surface area contributed by atoms with Crippen molar-refractivity contribution in [1.29, 1.82) is 0 Å². The van der Waals surface area contributed by atoms with E-state index in [1.165, 1.54) is 18.2 Å². The van der Waals surface area contributed by atoms with Crippen molar-refractivity contribution in [1.82, 2.24) is 9.80 Å². The van der Waals surface area contributed by atoms with E-state index in [-0.39, 0.29) is 17.0 Å². The zero-order valence-electron chi connectivity index (χ0n) is 11.2. The molecule has 0 atom stereocenters. The van der Waals surface area contributed by atoms with Gasteiger partial charge in [0, 0.05) is 31.9 Å². The zero-order valence-corrected chi connectivity index (χ0v) is 12.8. The largest absolute Gasteiger partial charge is 0.480 e. The van der Waals surface area contributed by atoms with Crippen LogP contribution in [0.4, 0.5) is 14.9 Å². The number of piperazine rings is 1. The van der Waals surface area contributed by atoms with Crippen LogP contribution in [0.1, 0.15) is 0 Å². The maximum Gasteiger partial charge on any atom is 0.321 e. The molecule has 0 spiro atoms. The second kappa shape index (κ2) is 6.86. The Labute approximate surface area is 129 Å². The molecule has 6 nitrogen and oxygen atoms in total. The number of urea groups is 1. The minimum Gasteiger partial charge on any atom is -0.480 e. The second-order valence-corrected chi connectivity index (χ2v) is 5.57. The number of aliphatic carboxylic acids is 1. The number of hydrogen-bond acceptors (Lipinski definition) is 3. The van der Waals surface area contributed by atoms with Crippen molar-refractivity contribution < 1.29 is 19.1 Å². The molecule has 0 aromatic heterocycles. The van der Waals surface area contributed by atoms with Crippen molar-refractivity contribution in [3.63, 3.8) is 0 Å². The maximum atomic E-state index is 13.1. The summed E-state index contributed by atoms with van der Waals surface area (Å²) >= 11 is 3.06. The van der Waals surface area contributed by atoms with E-state index >= 15 is 0 Å². The van der Waals surface area contributed by atoms with Gasteiger partial charge in [0.15, 0.2) is 0 Å². The standard InChI is InChI=1S/C13H15BrFN3O3/c14-10-7-9(1-2-11(10)15)16-13(21)18-5-3-17(4-6-18)8-12(19)20/h1-2,7H,3-6,8H2,(H,16,21)(H,19,20). The fourth-order valence-corrected chi connectivity index (χ4v) is 2.46. The summed E-state index contributed by atoms with van der Waals surface area (Å²) in [4.78, 5) is 26.1. The van der Waals surface area contributed by atoms with Gasteiger partial charge in [-0.3, -0.25) is 9.69 Å². The fourth-order valence-electron chi connectivity index (χ4n) is 2.08. The highest BCUT2D eigenvalue weighted by atomic mass is 79.9. The first-order valence-corrected chi connectivity index (χ1v) is 7.20. The monoisotopic (exact) mass is 359 g/mol. The number of halogens is 2. The smallest absolute Gasteiger partial charge is 0.321 e. The first-order chi connectivity index (χ1) is 9.95. The van der Waals surface area contributed by atoms with E-state index in [0.717, 1.165) is 0 Å². The first-order valence-electron chi connectivity index (χ1n) is 6.41. The van der Waals surface area contributed by atoms with Crippen molar-refractivity contribution >= 4 is 33.6 Å². The lowest BCUT2D eigenvalue weighted by molar-refractivity contribution is -0.138. The van der Waals surface area contributed by atoms with E-state index in [9.17, 15) is 14.0 Å². The summed E-state index contributed by atoms with van der Waals surface area (Å²) in [6.07, 6.45) is 0. The highest BCUT2D eigenvalue weighted by molar-refractivity contribution is 9.10. The molecule has 114 valence electrons. The normalized spacial score (nSPS) is 15.8. The molecule has 1 aliphatic heterocycles. The van der Waals surface area contributed by atoms with Crippen LogP contribution in [0.3, 0.4) is 0 Å². The topological polar surface area (TPSA) is 72.9 Å². The third-order valence-electron chi connectivity index (χ3n) is 3.19. The molecule has 1 fully saturated rings. The lowest BCUT2D eigenvalue weighted by Gasteiger charge is -2.33. The lowest BCUT2D eigenvalue weighted by Crippen LogP contribution is -2.51. The van der Waals surface area contributed by atoms with Crippen molar-refractivity contribution in [2.24, 2.45) is 0 Å². The molecule has 1 aromatic carbocycles. The molecule has 0 saturated carbocycles. The van der Waals surface area contributed by atoms with Crippen LogP contribution in [0.5, 0.6) is 0 Å². The Morgan fingerprint density at radius 1 is 1.29 bits per heavy atom. The number of carboxylic acids is 1. The molecule has 0 aliphatic carbocycles. The number of carboxylic acid groups (broad SMARTS) is 1. The number of hydrogen-bond donors (Lipinski definition) is 2. The van der Waals surface area contributed by atoms with Gasteiger partial charge in [0.2, 0.25) is 0 Å². The number of carbonyl (C=O) groups excluding carboxylic acids is 1. The Hall–Kier alpha value is -1.67. The van der Waals surface area contributed by atoms with E-state index < -0.39 is 11.8 Å². The molecule has 0 radical (unpaired) electrons. The predicted octanol–water partition coefficient (Wildman–Crippen LogP) is 1.82. The highest BCUT2D eigenvalue weighted by Gasteiger charge is 2.22. The molecule has 2 amide bonds. The second-order valence-electron chi connectivity index (χ2n) is 4.72. The van der Waals surface area contributed by atoms with E-state index in [1.54, 1.807) is 9.80 Å². The molecule has 2 rings (SSSR count). The first kappa shape index (κ1) is 15.7. The van der Waals surface area contributed by atoms with Gasteiger partial charge in [-0.2, -0.15) is 0 Å². The molecular formula is C13H15BrFN3O3. The minimum absolute atomic E-state index is 0.0135. The van der Waals surface area contributed by atoms with Crippen LogP contribution in [-0.2, 0) is 4.79 Å². The molecule has 1 saturated heterocycles. The van der Waals surface area contributed by atoms with Gasteiger partial charge in [0.1, 0.15) is 5.82 Å². The van der Waals surface area contributed by atoms with Crippen molar-refractivity contribution in [3.05, 3.63) is 28.5 Å². The highest BCUT2D eigenvalue weighted by Crippen LogP contribution is 2.20. The number of nitrogens with zero attached hydrogens (tertiary/aromatic N) is 2. The zero-order chi connectivity index (χ0) is 15.4. The van der Waals surface area contributed by atoms with Crippen LogP contribution in [0.25, 0.3) is 0 Å². The Balaban J connectivity index is 1.87. The van der Waals surface area contributed by atoms with E-state index in [1.807, 2.05) is 0 Å². The Kier molecular flexibility index (Phi) is 5.13. The Morgan fingerprint density at radius 3 is 2.52 bits per heavy atom. The molecule has 0 unspecified atom stereocenters. The van der Waals surface area contributed by atoms with Crippen molar-refractivity contribution in [2.45, 2.75) is 0 Å². The van der Waals surface area contributed by atoms with Crippen LogP contribution >= 0.6 is 15.9 Å². The third kappa shape index (κ3) is 4.40. The number of benzene rings is 1. The summed E-state index contributed by atoms with van der Waals surface area (Å²) in [7, 11) is 0. The molecular weight excluding hydrogens is 345 g/mol. The van der Waals surface area contributed by atoms with Gasteiger partial charge >= 0.3 is 12.0 Å². The van der Waals surface area contributed by atoms with Crippen LogP contribution in [0.2, 0.25) is 0 Å². The minimum atomic E-state index is -0.871. The van der Waals surface area contributed by atoms with Crippen molar-refractivity contribution in [2.75, 3.05) is 38.0 Å². The van der Waals surface area contributed by atoms with Gasteiger partial charge in [-0.25, -0.2) is 9.18 Å². The molecule has 21 heavy (non-hydrogen) atoms. The van der Waals surface area contributed by atoms with Crippen molar-refractivity contribution in [3.8, 4) is 0 Å². The summed E-state index contributed by atoms with van der Waals surface area (Å²) in [5.41, 5.74) is 0.501. The van der Waals surface area contributed by atoms with Gasteiger partial charge in [0.25, 0.3) is 0 Å².